The van der Waals surface area contributed by atoms with Crippen molar-refractivity contribution in [3.05, 3.63) is 59.4 Å². The highest BCUT2D eigenvalue weighted by atomic mass is 35.5. The van der Waals surface area contributed by atoms with E-state index in [9.17, 15) is 13.2 Å². The Bertz CT molecular complexity index is 1170. The number of anilines is 1. The van der Waals surface area contributed by atoms with Crippen molar-refractivity contribution in [2.45, 2.75) is 11.8 Å². The van der Waals surface area contributed by atoms with E-state index < -0.39 is 10.0 Å². The molecule has 0 aliphatic carbocycles. The van der Waals surface area contributed by atoms with Gasteiger partial charge in [-0.1, -0.05) is 24.3 Å². The zero-order valence-electron chi connectivity index (χ0n) is 15.7. The van der Waals surface area contributed by atoms with Crippen LogP contribution in [-0.2, 0) is 10.0 Å². The molecule has 1 aliphatic rings. The second kappa shape index (κ2) is 7.70. The summed E-state index contributed by atoms with van der Waals surface area (Å²) in [6, 6.07) is 13.7. The molecule has 2 heterocycles. The van der Waals surface area contributed by atoms with Gasteiger partial charge in [0.25, 0.3) is 0 Å². The molecule has 0 amide bonds. The largest absolute Gasteiger partial charge is 0.353 e. The minimum absolute atomic E-state index is 0.0988. The Morgan fingerprint density at radius 2 is 1.62 bits per heavy atom. The molecule has 0 N–H and O–H groups in total. The lowest BCUT2D eigenvalue weighted by Gasteiger charge is -2.35. The number of aromatic nitrogens is 2. The van der Waals surface area contributed by atoms with Gasteiger partial charge in [-0.3, -0.25) is 4.79 Å². The Labute approximate surface area is 174 Å². The van der Waals surface area contributed by atoms with Crippen LogP contribution in [0.25, 0.3) is 10.9 Å². The summed E-state index contributed by atoms with van der Waals surface area (Å²) < 4.78 is 27.4. The highest BCUT2D eigenvalue weighted by Crippen LogP contribution is 2.27. The third-order valence-electron chi connectivity index (χ3n) is 4.99. The number of para-hydroxylation sites is 1. The number of piperazine rings is 1. The molecule has 0 unspecified atom stereocenters. The predicted molar refractivity (Wildman–Crippen MR) is 112 cm³/mol. The summed E-state index contributed by atoms with van der Waals surface area (Å²) in [4.78, 5) is 22.2. The molecule has 1 aromatic heterocycles. The van der Waals surface area contributed by atoms with E-state index in [1.807, 2.05) is 29.2 Å². The van der Waals surface area contributed by atoms with Crippen molar-refractivity contribution in [2.24, 2.45) is 0 Å². The van der Waals surface area contributed by atoms with Crippen LogP contribution in [0.1, 0.15) is 17.3 Å². The minimum atomic E-state index is -3.62. The van der Waals surface area contributed by atoms with Crippen LogP contribution in [0.5, 0.6) is 0 Å². The van der Waals surface area contributed by atoms with Crippen molar-refractivity contribution in [1.82, 2.24) is 14.3 Å². The molecule has 1 fully saturated rings. The average Bonchev–Trinajstić information content (AvgIpc) is 2.73. The fourth-order valence-corrected chi connectivity index (χ4v) is 5.02. The molecule has 0 radical (unpaired) electrons. The lowest BCUT2D eigenvalue weighted by Crippen LogP contribution is -2.49. The Hall–Kier alpha value is -2.55. The lowest BCUT2D eigenvalue weighted by molar-refractivity contribution is 0.101. The van der Waals surface area contributed by atoms with Gasteiger partial charge in [-0.15, -0.1) is 0 Å². The van der Waals surface area contributed by atoms with Gasteiger partial charge < -0.3 is 4.90 Å². The molecule has 3 aromatic rings. The monoisotopic (exact) mass is 430 g/mol. The number of benzene rings is 2. The van der Waals surface area contributed by atoms with Crippen LogP contribution >= 0.6 is 11.6 Å². The lowest BCUT2D eigenvalue weighted by atomic mass is 10.2. The first-order valence-corrected chi connectivity index (χ1v) is 11.0. The second-order valence-electron chi connectivity index (χ2n) is 6.81. The maximum Gasteiger partial charge on any atom is 0.243 e. The van der Waals surface area contributed by atoms with Gasteiger partial charge in [-0.2, -0.15) is 9.29 Å². The zero-order chi connectivity index (χ0) is 20.6. The summed E-state index contributed by atoms with van der Waals surface area (Å²) in [5.41, 5.74) is 1.24. The highest BCUT2D eigenvalue weighted by Gasteiger charge is 2.29. The Morgan fingerprint density at radius 1 is 0.966 bits per heavy atom. The van der Waals surface area contributed by atoms with Gasteiger partial charge in [0.15, 0.2) is 5.78 Å². The Morgan fingerprint density at radius 3 is 2.28 bits per heavy atom. The van der Waals surface area contributed by atoms with Crippen LogP contribution in [0.2, 0.25) is 5.28 Å². The molecule has 4 rings (SSSR count). The van der Waals surface area contributed by atoms with E-state index in [0.29, 0.717) is 37.6 Å². The van der Waals surface area contributed by atoms with Gasteiger partial charge in [0.2, 0.25) is 15.3 Å². The molecule has 1 aliphatic heterocycles. The maximum absolute atomic E-state index is 13.0. The van der Waals surface area contributed by atoms with E-state index in [1.165, 1.54) is 23.4 Å². The predicted octanol–water partition coefficient (Wildman–Crippen LogP) is 3.00. The van der Waals surface area contributed by atoms with E-state index in [2.05, 4.69) is 9.97 Å². The topological polar surface area (TPSA) is 83.5 Å². The molecular formula is C20H19ClN4O3S. The molecule has 7 nitrogen and oxygen atoms in total. The minimum Gasteiger partial charge on any atom is -0.353 e. The van der Waals surface area contributed by atoms with Gasteiger partial charge in [0.1, 0.15) is 5.82 Å². The number of sulfonamides is 1. The highest BCUT2D eigenvalue weighted by molar-refractivity contribution is 7.89. The molecule has 2 aromatic carbocycles. The standard InChI is InChI=1S/C20H19ClN4O3S/c1-14(26)15-6-8-16(9-7-15)29(27,28)25-12-10-24(11-13-25)19-17-4-2-3-5-18(17)22-20(21)23-19/h2-9H,10-13H2,1H3. The third-order valence-corrected chi connectivity index (χ3v) is 7.07. The summed E-state index contributed by atoms with van der Waals surface area (Å²) in [5.74, 6) is 0.613. The van der Waals surface area contributed by atoms with E-state index >= 15 is 0 Å². The molecule has 0 bridgehead atoms. The SMILES string of the molecule is CC(=O)c1ccc(S(=O)(=O)N2CCN(c3nc(Cl)nc4ccccc34)CC2)cc1. The van der Waals surface area contributed by atoms with Gasteiger partial charge in [0.05, 0.1) is 10.4 Å². The van der Waals surface area contributed by atoms with Gasteiger partial charge >= 0.3 is 0 Å². The van der Waals surface area contributed by atoms with Crippen LogP contribution in [-0.4, -0.2) is 54.7 Å². The second-order valence-corrected chi connectivity index (χ2v) is 9.08. The van der Waals surface area contributed by atoms with Gasteiger partial charge in [-0.05, 0) is 42.8 Å². The smallest absolute Gasteiger partial charge is 0.243 e. The van der Waals surface area contributed by atoms with Crippen LogP contribution in [0.4, 0.5) is 5.82 Å². The van der Waals surface area contributed by atoms with E-state index in [-0.39, 0.29) is 16.0 Å². The van der Waals surface area contributed by atoms with Crippen molar-refractivity contribution in [2.75, 3.05) is 31.1 Å². The van der Waals surface area contributed by atoms with Crippen molar-refractivity contribution >= 4 is 44.1 Å². The number of fused-ring (bicyclic) bond motifs is 1. The number of carbonyl (C=O) groups is 1. The fraction of sp³-hybridized carbons (Fsp3) is 0.250. The van der Waals surface area contributed by atoms with Crippen LogP contribution in [0, 0.1) is 0 Å². The molecule has 0 spiro atoms. The molecule has 29 heavy (non-hydrogen) atoms. The molecule has 0 saturated carbocycles. The molecular weight excluding hydrogens is 412 g/mol. The number of nitrogens with zero attached hydrogens (tertiary/aromatic N) is 4. The van der Waals surface area contributed by atoms with E-state index in [4.69, 9.17) is 11.6 Å². The molecule has 1 saturated heterocycles. The van der Waals surface area contributed by atoms with Crippen LogP contribution in [0.3, 0.4) is 0 Å². The van der Waals surface area contributed by atoms with Crippen molar-refractivity contribution in [3.63, 3.8) is 0 Å². The van der Waals surface area contributed by atoms with Crippen molar-refractivity contribution in [1.29, 1.82) is 0 Å². The summed E-state index contributed by atoms with van der Waals surface area (Å²) in [6.45, 7) is 3.08. The number of ketones is 1. The molecule has 9 heteroatoms. The van der Waals surface area contributed by atoms with Crippen molar-refractivity contribution in [3.8, 4) is 0 Å². The number of rotatable bonds is 4. The van der Waals surface area contributed by atoms with E-state index in [0.717, 1.165) is 10.9 Å². The fourth-order valence-electron chi connectivity index (χ4n) is 3.42. The average molecular weight is 431 g/mol. The van der Waals surface area contributed by atoms with E-state index in [1.54, 1.807) is 12.1 Å². The first-order valence-electron chi connectivity index (χ1n) is 9.14. The number of carbonyl (C=O) groups excluding carboxylic acids is 1. The summed E-state index contributed by atoms with van der Waals surface area (Å²) in [6.07, 6.45) is 0. The molecule has 150 valence electrons. The maximum atomic E-state index is 13.0. The molecule has 0 atom stereocenters. The van der Waals surface area contributed by atoms with Crippen LogP contribution < -0.4 is 4.90 Å². The number of hydrogen-bond donors (Lipinski definition) is 0. The van der Waals surface area contributed by atoms with Crippen molar-refractivity contribution < 1.29 is 13.2 Å². The zero-order valence-corrected chi connectivity index (χ0v) is 17.3. The third kappa shape index (κ3) is 3.83. The number of hydrogen-bond acceptors (Lipinski definition) is 6. The summed E-state index contributed by atoms with van der Waals surface area (Å²) in [5, 5.41) is 1.05. The Balaban J connectivity index is 1.54. The quantitative estimate of drug-likeness (QED) is 0.467. The summed E-state index contributed by atoms with van der Waals surface area (Å²) >= 11 is 6.08. The first kappa shape index (κ1) is 19.8. The van der Waals surface area contributed by atoms with Gasteiger partial charge in [-0.25, -0.2) is 13.4 Å². The number of halogens is 1. The first-order chi connectivity index (χ1) is 13.9. The van der Waals surface area contributed by atoms with Gasteiger partial charge in [0, 0.05) is 37.1 Å². The number of Topliss-reactive ketones (excluding diaryl/α,β-unsaturated/α-hetero) is 1. The van der Waals surface area contributed by atoms with Crippen LogP contribution in [0.15, 0.2) is 53.4 Å². The normalized spacial score (nSPS) is 15.6. The summed E-state index contributed by atoms with van der Waals surface area (Å²) in [7, 11) is -3.62. The Kier molecular flexibility index (Phi) is 5.24.